The molecule has 3 aromatic carbocycles. The van der Waals surface area contributed by atoms with Gasteiger partial charge in [-0.25, -0.2) is 8.42 Å². The highest BCUT2D eigenvalue weighted by atomic mass is 79.9. The molecular formula is C21H18BrClN2O3S. The number of rotatable bonds is 3. The van der Waals surface area contributed by atoms with Gasteiger partial charge in [-0.2, -0.15) is 4.31 Å². The maximum absolute atomic E-state index is 12.9. The fraction of sp³-hybridized carbons (Fsp3) is 0.190. The van der Waals surface area contributed by atoms with E-state index in [-0.39, 0.29) is 28.9 Å². The number of nitrogens with zero attached hydrogens (tertiary/aromatic N) is 2. The molecule has 1 saturated heterocycles. The second kappa shape index (κ2) is 8.07. The maximum atomic E-state index is 12.9. The first-order chi connectivity index (χ1) is 13.9. The van der Waals surface area contributed by atoms with E-state index in [9.17, 15) is 13.2 Å². The van der Waals surface area contributed by atoms with Crippen molar-refractivity contribution in [2.24, 2.45) is 0 Å². The third kappa shape index (κ3) is 4.05. The second-order valence-electron chi connectivity index (χ2n) is 6.83. The van der Waals surface area contributed by atoms with E-state index in [1.165, 1.54) is 10.4 Å². The number of amides is 1. The van der Waals surface area contributed by atoms with E-state index in [1.54, 1.807) is 17.0 Å². The number of benzene rings is 3. The van der Waals surface area contributed by atoms with E-state index < -0.39 is 10.0 Å². The summed E-state index contributed by atoms with van der Waals surface area (Å²) in [6, 6.07) is 18.2. The van der Waals surface area contributed by atoms with Crippen molar-refractivity contribution in [3.8, 4) is 0 Å². The van der Waals surface area contributed by atoms with E-state index in [0.29, 0.717) is 23.1 Å². The van der Waals surface area contributed by atoms with E-state index in [1.807, 2.05) is 42.5 Å². The summed E-state index contributed by atoms with van der Waals surface area (Å²) in [7, 11) is -3.71. The lowest BCUT2D eigenvalue weighted by molar-refractivity contribution is 0.0698. The van der Waals surface area contributed by atoms with Crippen molar-refractivity contribution >= 4 is 54.2 Å². The summed E-state index contributed by atoms with van der Waals surface area (Å²) in [5.41, 5.74) is 0.607. The predicted molar refractivity (Wildman–Crippen MR) is 118 cm³/mol. The number of hydrogen-bond acceptors (Lipinski definition) is 3. The molecule has 1 amide bonds. The predicted octanol–water partition coefficient (Wildman–Crippen LogP) is 4.40. The van der Waals surface area contributed by atoms with Crippen molar-refractivity contribution in [2.45, 2.75) is 4.90 Å². The monoisotopic (exact) mass is 492 g/mol. The van der Waals surface area contributed by atoms with Crippen LogP contribution in [0.5, 0.6) is 0 Å². The Bertz CT molecular complexity index is 1190. The molecule has 5 nitrogen and oxygen atoms in total. The molecule has 1 fully saturated rings. The Balaban J connectivity index is 1.49. The van der Waals surface area contributed by atoms with Crippen LogP contribution in [0.3, 0.4) is 0 Å². The molecule has 0 bridgehead atoms. The van der Waals surface area contributed by atoms with Crippen LogP contribution in [0.1, 0.15) is 10.4 Å². The van der Waals surface area contributed by atoms with Crippen LogP contribution in [-0.2, 0) is 10.0 Å². The van der Waals surface area contributed by atoms with Crippen LogP contribution in [-0.4, -0.2) is 49.7 Å². The quantitative estimate of drug-likeness (QED) is 0.543. The highest BCUT2D eigenvalue weighted by molar-refractivity contribution is 9.10. The molecule has 0 N–H and O–H groups in total. The van der Waals surface area contributed by atoms with Crippen LogP contribution in [0.2, 0.25) is 5.02 Å². The van der Waals surface area contributed by atoms with Crippen molar-refractivity contribution in [3.63, 3.8) is 0 Å². The number of piperazine rings is 1. The standard InChI is InChI=1S/C21H18BrClN2O3S/c22-18-7-8-20(19(23)14-18)29(27,28)25-11-9-24(10-12-25)21(26)17-6-5-15-3-1-2-4-16(15)13-17/h1-8,13-14H,9-12H2. The molecule has 4 rings (SSSR count). The fourth-order valence-electron chi connectivity index (χ4n) is 3.46. The molecular weight excluding hydrogens is 476 g/mol. The lowest BCUT2D eigenvalue weighted by Crippen LogP contribution is -2.50. The summed E-state index contributed by atoms with van der Waals surface area (Å²) in [6.45, 7) is 1.13. The van der Waals surface area contributed by atoms with Crippen molar-refractivity contribution in [2.75, 3.05) is 26.2 Å². The minimum Gasteiger partial charge on any atom is -0.336 e. The van der Waals surface area contributed by atoms with Gasteiger partial charge in [0.2, 0.25) is 10.0 Å². The lowest BCUT2D eigenvalue weighted by atomic mass is 10.1. The third-order valence-corrected chi connectivity index (χ3v) is 7.91. The molecule has 0 saturated carbocycles. The molecule has 0 radical (unpaired) electrons. The van der Waals surface area contributed by atoms with Crippen LogP contribution in [0.25, 0.3) is 10.8 Å². The summed E-state index contributed by atoms with van der Waals surface area (Å²) in [5, 5.41) is 2.25. The van der Waals surface area contributed by atoms with Gasteiger partial charge in [0.15, 0.2) is 0 Å². The summed E-state index contributed by atoms with van der Waals surface area (Å²) in [5.74, 6) is -0.0884. The number of hydrogen-bond donors (Lipinski definition) is 0. The van der Waals surface area contributed by atoms with Crippen LogP contribution in [0.4, 0.5) is 0 Å². The molecule has 0 aromatic heterocycles. The highest BCUT2D eigenvalue weighted by Gasteiger charge is 2.31. The molecule has 150 valence electrons. The topological polar surface area (TPSA) is 57.7 Å². The molecule has 8 heteroatoms. The van der Waals surface area contributed by atoms with Gasteiger partial charge in [0.25, 0.3) is 5.91 Å². The molecule has 0 atom stereocenters. The zero-order chi connectivity index (χ0) is 20.6. The first-order valence-electron chi connectivity index (χ1n) is 9.09. The van der Waals surface area contributed by atoms with Gasteiger partial charge >= 0.3 is 0 Å². The minimum atomic E-state index is -3.71. The van der Waals surface area contributed by atoms with Gasteiger partial charge in [0.1, 0.15) is 4.90 Å². The molecule has 0 spiro atoms. The fourth-order valence-corrected chi connectivity index (χ4v) is 5.89. The summed E-state index contributed by atoms with van der Waals surface area (Å²) in [6.07, 6.45) is 0. The van der Waals surface area contributed by atoms with E-state index in [2.05, 4.69) is 15.9 Å². The van der Waals surface area contributed by atoms with E-state index in [4.69, 9.17) is 11.6 Å². The molecule has 0 aliphatic carbocycles. The Hall–Kier alpha value is -1.93. The third-order valence-electron chi connectivity index (χ3n) is 5.03. The van der Waals surface area contributed by atoms with Gasteiger partial charge in [-0.3, -0.25) is 4.79 Å². The highest BCUT2D eigenvalue weighted by Crippen LogP contribution is 2.28. The SMILES string of the molecule is O=C(c1ccc2ccccc2c1)N1CCN(S(=O)(=O)c2ccc(Br)cc2Cl)CC1. The van der Waals surface area contributed by atoms with Crippen molar-refractivity contribution in [3.05, 3.63) is 75.7 Å². The minimum absolute atomic E-state index is 0.0803. The van der Waals surface area contributed by atoms with Gasteiger partial charge in [-0.1, -0.05) is 57.9 Å². The average Bonchev–Trinajstić information content (AvgIpc) is 2.72. The largest absolute Gasteiger partial charge is 0.336 e. The van der Waals surface area contributed by atoms with E-state index >= 15 is 0 Å². The number of carbonyl (C=O) groups is 1. The number of sulfonamides is 1. The van der Waals surface area contributed by atoms with Gasteiger partial charge in [-0.15, -0.1) is 0 Å². The van der Waals surface area contributed by atoms with Crippen molar-refractivity contribution in [1.82, 2.24) is 9.21 Å². The van der Waals surface area contributed by atoms with Crippen molar-refractivity contribution < 1.29 is 13.2 Å². The Morgan fingerprint density at radius 2 is 1.59 bits per heavy atom. The summed E-state index contributed by atoms with van der Waals surface area (Å²) in [4.78, 5) is 14.7. The van der Waals surface area contributed by atoms with Gasteiger partial charge < -0.3 is 4.90 Å². The normalized spacial score (nSPS) is 15.6. The molecule has 1 heterocycles. The van der Waals surface area contributed by atoms with Gasteiger partial charge in [-0.05, 0) is 41.1 Å². The Morgan fingerprint density at radius 1 is 0.897 bits per heavy atom. The first kappa shape index (κ1) is 20.3. The maximum Gasteiger partial charge on any atom is 0.253 e. The summed E-state index contributed by atoms with van der Waals surface area (Å²) < 4.78 is 28.0. The molecule has 1 aliphatic heterocycles. The van der Waals surface area contributed by atoms with E-state index in [0.717, 1.165) is 10.8 Å². The zero-order valence-corrected chi connectivity index (χ0v) is 18.5. The van der Waals surface area contributed by atoms with Gasteiger partial charge in [0, 0.05) is 36.2 Å². The van der Waals surface area contributed by atoms with Crippen molar-refractivity contribution in [1.29, 1.82) is 0 Å². The second-order valence-corrected chi connectivity index (χ2v) is 10.1. The Morgan fingerprint density at radius 3 is 2.28 bits per heavy atom. The molecule has 29 heavy (non-hydrogen) atoms. The zero-order valence-electron chi connectivity index (χ0n) is 15.4. The summed E-state index contributed by atoms with van der Waals surface area (Å²) >= 11 is 9.42. The molecule has 1 aliphatic rings. The number of carbonyl (C=O) groups excluding carboxylic acids is 1. The number of halogens is 2. The lowest BCUT2D eigenvalue weighted by Gasteiger charge is -2.34. The van der Waals surface area contributed by atoms with Gasteiger partial charge in [0.05, 0.1) is 5.02 Å². The first-order valence-corrected chi connectivity index (χ1v) is 11.7. The van der Waals surface area contributed by atoms with Crippen LogP contribution in [0.15, 0.2) is 70.0 Å². The Labute approximate surface area is 183 Å². The Kier molecular flexibility index (Phi) is 5.66. The number of fused-ring (bicyclic) bond motifs is 1. The molecule has 3 aromatic rings. The average molecular weight is 494 g/mol. The van der Waals surface area contributed by atoms with Crippen LogP contribution < -0.4 is 0 Å². The smallest absolute Gasteiger partial charge is 0.253 e. The van der Waals surface area contributed by atoms with Crippen LogP contribution >= 0.6 is 27.5 Å². The van der Waals surface area contributed by atoms with Crippen LogP contribution in [0, 0.1) is 0 Å². The molecule has 0 unspecified atom stereocenters.